The number of esters is 1. The summed E-state index contributed by atoms with van der Waals surface area (Å²) in [5, 5.41) is 9.38. The number of nitrogens with zero attached hydrogens (tertiary/aromatic N) is 1. The number of aliphatic hydroxyl groups excluding tert-OH is 1. The molecule has 0 aromatic rings. The highest BCUT2D eigenvalue weighted by Gasteiger charge is 2.73. The van der Waals surface area contributed by atoms with Gasteiger partial charge in [0, 0.05) is 30.5 Å². The standard InChI is InChI=1S/C17H27NO5/c1-14(2)15(3,10-21-4)6-7-17(14)12(22-5)18-16(13(20)23-17)8-11(16)9-19/h11,19H,6-10H2,1-5H3/t11-,15-,16+,17+/m0/s1. The number of carbonyl (C=O) groups is 1. The molecule has 0 aromatic heterocycles. The SMILES string of the molecule is COC[C@]1(C)CC[C@]2(OC(=O)[C@]3(C[C@H]3CO)N=C2OC)C1(C)C. The van der Waals surface area contributed by atoms with Gasteiger partial charge in [0.25, 0.3) is 0 Å². The van der Waals surface area contributed by atoms with Crippen molar-refractivity contribution in [2.75, 3.05) is 27.4 Å². The molecule has 6 nitrogen and oxygen atoms in total. The Morgan fingerprint density at radius 2 is 2.00 bits per heavy atom. The molecule has 0 saturated heterocycles. The second-order valence-corrected chi connectivity index (χ2v) is 7.96. The summed E-state index contributed by atoms with van der Waals surface area (Å²) < 4.78 is 17.1. The van der Waals surface area contributed by atoms with Crippen molar-refractivity contribution < 1.29 is 24.1 Å². The van der Waals surface area contributed by atoms with Crippen LogP contribution in [-0.2, 0) is 19.0 Å². The maximum absolute atomic E-state index is 12.7. The smallest absolute Gasteiger partial charge is 0.335 e. The molecule has 130 valence electrons. The molecule has 2 spiro atoms. The molecule has 0 unspecified atom stereocenters. The monoisotopic (exact) mass is 325 g/mol. The summed E-state index contributed by atoms with van der Waals surface area (Å²) in [6, 6.07) is 0. The van der Waals surface area contributed by atoms with Crippen LogP contribution < -0.4 is 0 Å². The average molecular weight is 325 g/mol. The predicted molar refractivity (Wildman–Crippen MR) is 84.2 cm³/mol. The van der Waals surface area contributed by atoms with E-state index in [0.29, 0.717) is 25.3 Å². The fraction of sp³-hybridized carbons (Fsp3) is 0.882. The third-order valence-electron chi connectivity index (χ3n) is 6.76. The first-order valence-corrected chi connectivity index (χ1v) is 8.20. The number of aliphatic imine (C=N–C) groups is 1. The van der Waals surface area contributed by atoms with Crippen LogP contribution in [0.4, 0.5) is 0 Å². The Balaban J connectivity index is 2.05. The largest absolute Gasteiger partial charge is 0.481 e. The van der Waals surface area contributed by atoms with Gasteiger partial charge < -0.3 is 19.3 Å². The molecule has 2 fully saturated rings. The summed E-state index contributed by atoms with van der Waals surface area (Å²) in [5.74, 6) is -0.00246. The minimum absolute atomic E-state index is 0.0621. The van der Waals surface area contributed by atoms with E-state index in [1.54, 1.807) is 14.2 Å². The van der Waals surface area contributed by atoms with Crippen LogP contribution in [0.25, 0.3) is 0 Å². The van der Waals surface area contributed by atoms with E-state index in [-0.39, 0.29) is 29.3 Å². The summed E-state index contributed by atoms with van der Waals surface area (Å²) in [4.78, 5) is 17.4. The molecule has 23 heavy (non-hydrogen) atoms. The van der Waals surface area contributed by atoms with E-state index < -0.39 is 11.1 Å². The predicted octanol–water partition coefficient (Wildman–Crippen LogP) is 1.55. The Kier molecular flexibility index (Phi) is 3.58. The van der Waals surface area contributed by atoms with E-state index in [2.05, 4.69) is 25.8 Å². The first kappa shape index (κ1) is 16.7. The molecule has 2 aliphatic carbocycles. The fourth-order valence-electron chi connectivity index (χ4n) is 4.43. The van der Waals surface area contributed by atoms with Crippen molar-refractivity contribution in [1.29, 1.82) is 0 Å². The molecule has 3 rings (SSSR count). The lowest BCUT2D eigenvalue weighted by Gasteiger charge is -2.49. The first-order valence-electron chi connectivity index (χ1n) is 8.20. The summed E-state index contributed by atoms with van der Waals surface area (Å²) in [6.07, 6.45) is 2.05. The number of rotatable bonds is 3. The zero-order chi connectivity index (χ0) is 17.1. The third-order valence-corrected chi connectivity index (χ3v) is 6.76. The lowest BCUT2D eigenvalue weighted by molar-refractivity contribution is -0.174. The van der Waals surface area contributed by atoms with E-state index in [1.807, 2.05) is 0 Å². The number of aliphatic hydroxyl groups is 1. The Labute approximate surface area is 137 Å². The molecule has 4 atom stereocenters. The maximum atomic E-state index is 12.7. The molecule has 0 radical (unpaired) electrons. The molecule has 2 saturated carbocycles. The van der Waals surface area contributed by atoms with Gasteiger partial charge in [-0.2, -0.15) is 0 Å². The summed E-state index contributed by atoms with van der Waals surface area (Å²) in [5.41, 5.74) is -2.32. The topological polar surface area (TPSA) is 77.4 Å². The van der Waals surface area contributed by atoms with E-state index in [4.69, 9.17) is 14.2 Å². The molecule has 6 heteroatoms. The highest BCUT2D eigenvalue weighted by atomic mass is 16.6. The van der Waals surface area contributed by atoms with Crippen LogP contribution in [0.15, 0.2) is 4.99 Å². The lowest BCUT2D eigenvalue weighted by atomic mass is 9.63. The zero-order valence-electron chi connectivity index (χ0n) is 14.6. The molecule has 3 aliphatic rings. The second-order valence-electron chi connectivity index (χ2n) is 7.96. The van der Waals surface area contributed by atoms with Crippen LogP contribution >= 0.6 is 0 Å². The molecule has 0 bridgehead atoms. The normalized spacial score (nSPS) is 44.3. The van der Waals surface area contributed by atoms with Gasteiger partial charge >= 0.3 is 5.97 Å². The molecule has 1 aliphatic heterocycles. The average Bonchev–Trinajstić information content (AvgIpc) is 3.18. The summed E-state index contributed by atoms with van der Waals surface area (Å²) >= 11 is 0. The van der Waals surface area contributed by atoms with Gasteiger partial charge in [-0.1, -0.05) is 20.8 Å². The summed E-state index contributed by atoms with van der Waals surface area (Å²) in [7, 11) is 3.27. The minimum atomic E-state index is -0.929. The van der Waals surface area contributed by atoms with Crippen molar-refractivity contribution in [3.05, 3.63) is 0 Å². The molecular formula is C17H27NO5. The molecular weight excluding hydrogens is 298 g/mol. The van der Waals surface area contributed by atoms with E-state index in [9.17, 15) is 9.90 Å². The molecule has 1 heterocycles. The van der Waals surface area contributed by atoms with Crippen molar-refractivity contribution in [1.82, 2.24) is 0 Å². The van der Waals surface area contributed by atoms with Gasteiger partial charge in [0.05, 0.1) is 13.7 Å². The van der Waals surface area contributed by atoms with E-state index in [0.717, 1.165) is 6.42 Å². The van der Waals surface area contributed by atoms with Crippen molar-refractivity contribution in [2.24, 2.45) is 21.7 Å². The lowest BCUT2D eigenvalue weighted by Crippen LogP contribution is -2.60. The van der Waals surface area contributed by atoms with Crippen molar-refractivity contribution in [3.8, 4) is 0 Å². The Morgan fingerprint density at radius 3 is 2.52 bits per heavy atom. The van der Waals surface area contributed by atoms with Crippen molar-refractivity contribution in [3.63, 3.8) is 0 Å². The first-order chi connectivity index (χ1) is 10.7. The fourth-order valence-corrected chi connectivity index (χ4v) is 4.43. The van der Waals surface area contributed by atoms with Gasteiger partial charge in [0.2, 0.25) is 5.90 Å². The van der Waals surface area contributed by atoms with Gasteiger partial charge in [0.15, 0.2) is 11.1 Å². The zero-order valence-corrected chi connectivity index (χ0v) is 14.6. The highest BCUT2D eigenvalue weighted by Crippen LogP contribution is 2.63. The number of hydrogen-bond acceptors (Lipinski definition) is 6. The Hall–Kier alpha value is -1.14. The van der Waals surface area contributed by atoms with E-state index in [1.165, 1.54) is 0 Å². The molecule has 1 N–H and O–H groups in total. The maximum Gasteiger partial charge on any atom is 0.335 e. The van der Waals surface area contributed by atoms with E-state index >= 15 is 0 Å². The number of ether oxygens (including phenoxy) is 3. The number of hydrogen-bond donors (Lipinski definition) is 1. The third kappa shape index (κ3) is 1.88. The van der Waals surface area contributed by atoms with Crippen LogP contribution in [-0.4, -0.2) is 55.5 Å². The van der Waals surface area contributed by atoms with Crippen LogP contribution in [0.2, 0.25) is 0 Å². The van der Waals surface area contributed by atoms with Gasteiger partial charge in [-0.25, -0.2) is 9.79 Å². The van der Waals surface area contributed by atoms with Crippen LogP contribution in [0.1, 0.15) is 40.0 Å². The quantitative estimate of drug-likeness (QED) is 0.797. The van der Waals surface area contributed by atoms with Crippen molar-refractivity contribution >= 4 is 11.9 Å². The highest BCUT2D eigenvalue weighted by molar-refractivity contribution is 5.99. The van der Waals surface area contributed by atoms with Crippen LogP contribution in [0, 0.1) is 16.7 Å². The van der Waals surface area contributed by atoms with Crippen molar-refractivity contribution in [2.45, 2.75) is 51.2 Å². The second kappa shape index (κ2) is 4.93. The van der Waals surface area contributed by atoms with Gasteiger partial charge in [0.1, 0.15) is 0 Å². The van der Waals surface area contributed by atoms with Crippen LogP contribution in [0.3, 0.4) is 0 Å². The molecule has 0 amide bonds. The molecule has 0 aromatic carbocycles. The Morgan fingerprint density at radius 1 is 1.30 bits per heavy atom. The van der Waals surface area contributed by atoms with Gasteiger partial charge in [-0.3, -0.25) is 0 Å². The number of methoxy groups -OCH3 is 2. The van der Waals surface area contributed by atoms with Crippen LogP contribution in [0.5, 0.6) is 0 Å². The van der Waals surface area contributed by atoms with Gasteiger partial charge in [-0.15, -0.1) is 0 Å². The Bertz CT molecular complexity index is 559. The summed E-state index contributed by atoms with van der Waals surface area (Å²) in [6.45, 7) is 6.86. The van der Waals surface area contributed by atoms with Gasteiger partial charge in [-0.05, 0) is 19.3 Å². The minimum Gasteiger partial charge on any atom is -0.481 e. The number of carbonyl (C=O) groups excluding carboxylic acids is 1.